The molecular weight excluding hydrogens is 168 g/mol. The second kappa shape index (κ2) is 5.19. The molecule has 0 bridgehead atoms. The number of nitrogens with zero attached hydrogens (tertiary/aromatic N) is 1. The summed E-state index contributed by atoms with van der Waals surface area (Å²) in [4.78, 5) is 13.3. The topological polar surface area (TPSA) is 55.6 Å². The van der Waals surface area contributed by atoms with Crippen molar-refractivity contribution in [3.05, 3.63) is 0 Å². The van der Waals surface area contributed by atoms with Crippen LogP contribution in [0.2, 0.25) is 0 Å². The highest BCUT2D eigenvalue weighted by molar-refractivity contribution is 5.80. The van der Waals surface area contributed by atoms with Gasteiger partial charge >= 0.3 is 0 Å². The van der Waals surface area contributed by atoms with Crippen molar-refractivity contribution in [1.29, 1.82) is 0 Å². The maximum atomic E-state index is 11.6. The zero-order valence-corrected chi connectivity index (χ0v) is 8.16. The van der Waals surface area contributed by atoms with E-state index in [-0.39, 0.29) is 12.0 Å². The predicted octanol–water partition coefficient (Wildman–Crippen LogP) is -0.0274. The lowest BCUT2D eigenvalue weighted by molar-refractivity contribution is -0.139. The zero-order valence-electron chi connectivity index (χ0n) is 8.16. The van der Waals surface area contributed by atoms with Gasteiger partial charge < -0.3 is 15.4 Å². The molecule has 1 rings (SSSR count). The quantitative estimate of drug-likeness (QED) is 0.671. The van der Waals surface area contributed by atoms with Crippen molar-refractivity contribution < 1.29 is 9.53 Å². The molecular formula is C9H18N2O2. The summed E-state index contributed by atoms with van der Waals surface area (Å²) in [5.41, 5.74) is 5.36. The van der Waals surface area contributed by atoms with Gasteiger partial charge in [-0.1, -0.05) is 0 Å². The van der Waals surface area contributed by atoms with Crippen molar-refractivity contribution in [2.75, 3.05) is 26.7 Å². The fourth-order valence-corrected chi connectivity index (χ4v) is 1.46. The van der Waals surface area contributed by atoms with Crippen LogP contribution in [0, 0.1) is 0 Å². The summed E-state index contributed by atoms with van der Waals surface area (Å²) in [5.74, 6) is 0.103. The number of carbonyl (C=O) groups is 1. The van der Waals surface area contributed by atoms with Gasteiger partial charge in [-0.15, -0.1) is 0 Å². The molecule has 0 spiro atoms. The molecule has 0 aromatic heterocycles. The number of hydrogen-bond donors (Lipinski definition) is 1. The molecule has 0 radical (unpaired) electrons. The fraction of sp³-hybridized carbons (Fsp3) is 0.889. The Morgan fingerprint density at radius 1 is 1.69 bits per heavy atom. The van der Waals surface area contributed by atoms with Crippen molar-refractivity contribution >= 4 is 5.91 Å². The first-order valence-electron chi connectivity index (χ1n) is 4.82. The fourth-order valence-electron chi connectivity index (χ4n) is 1.46. The molecule has 1 fully saturated rings. The van der Waals surface area contributed by atoms with E-state index in [1.807, 2.05) is 0 Å². The smallest absolute Gasteiger partial charge is 0.251 e. The molecule has 2 N–H and O–H groups in total. The Balaban J connectivity index is 2.28. The van der Waals surface area contributed by atoms with E-state index in [0.29, 0.717) is 6.54 Å². The van der Waals surface area contributed by atoms with Crippen LogP contribution in [-0.2, 0) is 9.53 Å². The number of nitrogens with two attached hydrogens (primary N) is 1. The van der Waals surface area contributed by atoms with E-state index in [1.165, 1.54) is 0 Å². The van der Waals surface area contributed by atoms with Crippen molar-refractivity contribution in [3.63, 3.8) is 0 Å². The molecule has 1 atom stereocenters. The van der Waals surface area contributed by atoms with Crippen LogP contribution >= 0.6 is 0 Å². The number of rotatable bonds is 4. The van der Waals surface area contributed by atoms with Crippen molar-refractivity contribution in [1.82, 2.24) is 4.90 Å². The van der Waals surface area contributed by atoms with Crippen LogP contribution < -0.4 is 5.73 Å². The molecule has 0 aromatic rings. The molecule has 76 valence electrons. The van der Waals surface area contributed by atoms with Crippen LogP contribution in [0.3, 0.4) is 0 Å². The Morgan fingerprint density at radius 2 is 2.46 bits per heavy atom. The van der Waals surface area contributed by atoms with Gasteiger partial charge in [-0.2, -0.15) is 0 Å². The van der Waals surface area contributed by atoms with E-state index in [4.69, 9.17) is 10.5 Å². The number of amides is 1. The first-order chi connectivity index (χ1) is 6.25. The Hall–Kier alpha value is -0.610. The third-order valence-corrected chi connectivity index (χ3v) is 2.28. The predicted molar refractivity (Wildman–Crippen MR) is 50.3 cm³/mol. The maximum absolute atomic E-state index is 11.6. The Labute approximate surface area is 79.0 Å². The highest BCUT2D eigenvalue weighted by Gasteiger charge is 2.25. The molecule has 0 aliphatic carbocycles. The van der Waals surface area contributed by atoms with Crippen LogP contribution in [0.5, 0.6) is 0 Å². The number of carbonyl (C=O) groups excluding carboxylic acids is 1. The molecule has 1 saturated heterocycles. The number of hydrogen-bond acceptors (Lipinski definition) is 3. The highest BCUT2D eigenvalue weighted by atomic mass is 16.5. The van der Waals surface area contributed by atoms with Gasteiger partial charge in [-0.3, -0.25) is 4.79 Å². The minimum absolute atomic E-state index is 0.103. The largest absolute Gasteiger partial charge is 0.368 e. The van der Waals surface area contributed by atoms with Crippen LogP contribution in [0.15, 0.2) is 0 Å². The lowest BCUT2D eigenvalue weighted by atomic mass is 10.2. The van der Waals surface area contributed by atoms with Gasteiger partial charge in [0, 0.05) is 20.2 Å². The molecule has 1 amide bonds. The van der Waals surface area contributed by atoms with E-state index in [0.717, 1.165) is 32.4 Å². The van der Waals surface area contributed by atoms with E-state index in [9.17, 15) is 4.79 Å². The van der Waals surface area contributed by atoms with Crippen LogP contribution in [0.4, 0.5) is 0 Å². The van der Waals surface area contributed by atoms with Gasteiger partial charge in [0.2, 0.25) is 0 Å². The van der Waals surface area contributed by atoms with Gasteiger partial charge in [-0.25, -0.2) is 0 Å². The van der Waals surface area contributed by atoms with Crippen LogP contribution in [-0.4, -0.2) is 43.7 Å². The van der Waals surface area contributed by atoms with Gasteiger partial charge in [0.05, 0.1) is 0 Å². The van der Waals surface area contributed by atoms with Gasteiger partial charge in [-0.05, 0) is 25.8 Å². The number of ether oxygens (including phenoxy) is 1. The molecule has 13 heavy (non-hydrogen) atoms. The molecule has 1 aliphatic heterocycles. The summed E-state index contributed by atoms with van der Waals surface area (Å²) in [6.45, 7) is 2.08. The summed E-state index contributed by atoms with van der Waals surface area (Å²) in [7, 11) is 1.81. The molecule has 0 saturated carbocycles. The second-order valence-corrected chi connectivity index (χ2v) is 3.40. The Bertz CT molecular complexity index is 167. The minimum atomic E-state index is -0.192. The molecule has 4 nitrogen and oxygen atoms in total. The Kier molecular flexibility index (Phi) is 4.18. The van der Waals surface area contributed by atoms with Crippen LogP contribution in [0.1, 0.15) is 19.3 Å². The minimum Gasteiger partial charge on any atom is -0.368 e. The summed E-state index contributed by atoms with van der Waals surface area (Å²) in [6, 6.07) is 0. The molecule has 0 unspecified atom stereocenters. The normalized spacial score (nSPS) is 21.8. The van der Waals surface area contributed by atoms with Crippen molar-refractivity contribution in [3.8, 4) is 0 Å². The summed E-state index contributed by atoms with van der Waals surface area (Å²) in [5, 5.41) is 0. The second-order valence-electron chi connectivity index (χ2n) is 3.40. The SMILES string of the molecule is CN(CCCN)C(=O)[C@H]1CCCO1. The highest BCUT2D eigenvalue weighted by Crippen LogP contribution is 2.13. The molecule has 1 heterocycles. The van der Waals surface area contributed by atoms with Gasteiger partial charge in [0.15, 0.2) is 0 Å². The lowest BCUT2D eigenvalue weighted by Gasteiger charge is -2.19. The van der Waals surface area contributed by atoms with E-state index >= 15 is 0 Å². The van der Waals surface area contributed by atoms with E-state index < -0.39 is 0 Å². The standard InChI is InChI=1S/C9H18N2O2/c1-11(6-3-5-10)9(12)8-4-2-7-13-8/h8H,2-7,10H2,1H3/t8-/m1/s1. The molecule has 0 aromatic carbocycles. The summed E-state index contributed by atoms with van der Waals surface area (Å²) >= 11 is 0. The van der Waals surface area contributed by atoms with E-state index in [2.05, 4.69) is 0 Å². The monoisotopic (exact) mass is 186 g/mol. The first kappa shape index (κ1) is 10.5. The molecule has 1 aliphatic rings. The van der Waals surface area contributed by atoms with Gasteiger partial charge in [0.1, 0.15) is 6.10 Å². The average Bonchev–Trinajstić information content (AvgIpc) is 2.65. The third kappa shape index (κ3) is 2.97. The van der Waals surface area contributed by atoms with Crippen molar-refractivity contribution in [2.24, 2.45) is 5.73 Å². The Morgan fingerprint density at radius 3 is 3.00 bits per heavy atom. The third-order valence-electron chi connectivity index (χ3n) is 2.28. The zero-order chi connectivity index (χ0) is 9.68. The van der Waals surface area contributed by atoms with Crippen molar-refractivity contribution in [2.45, 2.75) is 25.4 Å². The van der Waals surface area contributed by atoms with Crippen LogP contribution in [0.25, 0.3) is 0 Å². The summed E-state index contributed by atoms with van der Waals surface area (Å²) < 4.78 is 5.29. The first-order valence-corrected chi connectivity index (χ1v) is 4.82. The lowest BCUT2D eigenvalue weighted by Crippen LogP contribution is -2.37. The van der Waals surface area contributed by atoms with Gasteiger partial charge in [0.25, 0.3) is 5.91 Å². The summed E-state index contributed by atoms with van der Waals surface area (Å²) in [6.07, 6.45) is 2.53. The maximum Gasteiger partial charge on any atom is 0.251 e. The molecule has 4 heteroatoms. The van der Waals surface area contributed by atoms with E-state index in [1.54, 1.807) is 11.9 Å². The average molecular weight is 186 g/mol. The number of likely N-dealkylation sites (N-methyl/N-ethyl adjacent to an activating group) is 1.